The number of carbonyl (C=O) groups is 1. The van der Waals surface area contributed by atoms with E-state index in [-0.39, 0.29) is 31.3 Å². The molecule has 2 N–H and O–H groups in total. The lowest BCUT2D eigenvalue weighted by Crippen LogP contribution is -2.43. The van der Waals surface area contributed by atoms with Crippen LogP contribution in [0, 0.1) is 5.92 Å². The van der Waals surface area contributed by atoms with Crippen molar-refractivity contribution >= 4 is 40.7 Å². The molecule has 7 nitrogen and oxygen atoms in total. The van der Waals surface area contributed by atoms with E-state index >= 15 is 0 Å². The van der Waals surface area contributed by atoms with Gasteiger partial charge in [0.05, 0.1) is 18.8 Å². The molecule has 46 heavy (non-hydrogen) atoms. The number of alkyl halides is 3. The van der Waals surface area contributed by atoms with Crippen LogP contribution >= 0.6 is 34.8 Å². The Labute approximate surface area is 285 Å². The Kier molecular flexibility index (Phi) is 11.7. The van der Waals surface area contributed by atoms with Crippen LogP contribution in [0.5, 0.6) is 0 Å². The minimum atomic E-state index is -2.01. The second-order valence-corrected chi connectivity index (χ2v) is 13.9. The quantitative estimate of drug-likeness (QED) is 0.163. The number of hydrogen-bond acceptors (Lipinski definition) is 6. The van der Waals surface area contributed by atoms with Gasteiger partial charge < -0.3 is 24.8 Å². The molecule has 4 atom stereocenters. The van der Waals surface area contributed by atoms with E-state index in [9.17, 15) is 9.90 Å². The van der Waals surface area contributed by atoms with Gasteiger partial charge in [0, 0.05) is 49.4 Å². The maximum Gasteiger partial charge on any atom is 0.272 e. The SMILES string of the molecule is C[C@@H]1[C@H](CN(C)CCc2ccccn2)O[C@H](c2ccc(-c3cccc(CNC(=O)C(Cl)(Cl)Cl)c3)cc2)O[C@@H]1c1ccc(CO)cc1. The molecule has 0 spiro atoms. The van der Waals surface area contributed by atoms with Gasteiger partial charge in [-0.05, 0) is 53.1 Å². The average molecular weight is 683 g/mol. The number of aliphatic hydroxyl groups excluding tert-OH is 1. The van der Waals surface area contributed by atoms with Crippen LogP contribution in [-0.4, -0.2) is 50.9 Å². The number of nitrogens with one attached hydrogen (secondary N) is 1. The summed E-state index contributed by atoms with van der Waals surface area (Å²) in [4.78, 5) is 18.7. The fourth-order valence-electron chi connectivity index (χ4n) is 5.55. The van der Waals surface area contributed by atoms with E-state index in [0.717, 1.165) is 58.6 Å². The number of aromatic nitrogens is 1. The summed E-state index contributed by atoms with van der Waals surface area (Å²) in [5.74, 6) is -0.591. The van der Waals surface area contributed by atoms with Crippen LogP contribution in [0.4, 0.5) is 0 Å². The second-order valence-electron chi connectivity index (χ2n) is 11.7. The van der Waals surface area contributed by atoms with Gasteiger partial charge in [-0.1, -0.05) is 115 Å². The van der Waals surface area contributed by atoms with Crippen LogP contribution in [0.25, 0.3) is 11.1 Å². The smallest absolute Gasteiger partial charge is 0.272 e. The normalized spacial score (nSPS) is 20.1. The summed E-state index contributed by atoms with van der Waals surface area (Å²) in [6, 6.07) is 29.9. The van der Waals surface area contributed by atoms with Crippen LogP contribution in [0.1, 0.15) is 47.3 Å². The summed E-state index contributed by atoms with van der Waals surface area (Å²) >= 11 is 17.0. The van der Waals surface area contributed by atoms with E-state index in [4.69, 9.17) is 44.3 Å². The molecule has 4 aromatic rings. The molecule has 1 aliphatic heterocycles. The fraction of sp³-hybridized carbons (Fsp3) is 0.333. The summed E-state index contributed by atoms with van der Waals surface area (Å²) in [6.45, 7) is 3.99. The van der Waals surface area contributed by atoms with E-state index in [1.54, 1.807) is 0 Å². The Morgan fingerprint density at radius 1 is 0.913 bits per heavy atom. The summed E-state index contributed by atoms with van der Waals surface area (Å²) in [6.07, 6.45) is 1.83. The van der Waals surface area contributed by atoms with E-state index < -0.39 is 16.0 Å². The Balaban J connectivity index is 1.32. The predicted octanol–water partition coefficient (Wildman–Crippen LogP) is 7.19. The molecule has 10 heteroatoms. The molecule has 0 radical (unpaired) electrons. The molecular weight excluding hydrogens is 645 g/mol. The summed E-state index contributed by atoms with van der Waals surface area (Å²) in [5, 5.41) is 12.2. The highest BCUT2D eigenvalue weighted by molar-refractivity contribution is 6.76. The van der Waals surface area contributed by atoms with Gasteiger partial charge in [-0.2, -0.15) is 0 Å². The van der Waals surface area contributed by atoms with E-state index in [0.29, 0.717) is 0 Å². The van der Waals surface area contributed by atoms with Gasteiger partial charge in [-0.3, -0.25) is 9.78 Å². The van der Waals surface area contributed by atoms with Crippen LogP contribution in [0.15, 0.2) is 97.2 Å². The van der Waals surface area contributed by atoms with Gasteiger partial charge in [0.1, 0.15) is 0 Å². The van der Waals surface area contributed by atoms with Gasteiger partial charge in [0.25, 0.3) is 9.70 Å². The monoisotopic (exact) mass is 681 g/mol. The topological polar surface area (TPSA) is 83.9 Å². The van der Waals surface area contributed by atoms with Gasteiger partial charge in [-0.15, -0.1) is 0 Å². The summed E-state index contributed by atoms with van der Waals surface area (Å²) < 4.78 is 11.3. The van der Waals surface area contributed by atoms with E-state index in [1.807, 2.05) is 97.2 Å². The third-order valence-corrected chi connectivity index (χ3v) is 8.76. The first-order chi connectivity index (χ1) is 22.1. The number of rotatable bonds is 11. The van der Waals surface area contributed by atoms with Gasteiger partial charge in [0.15, 0.2) is 6.29 Å². The Bertz CT molecular complexity index is 1570. The molecule has 5 rings (SSSR count). The molecule has 0 aliphatic carbocycles. The lowest BCUT2D eigenvalue weighted by atomic mass is 9.90. The minimum Gasteiger partial charge on any atom is -0.392 e. The van der Waals surface area contributed by atoms with Gasteiger partial charge in [0.2, 0.25) is 0 Å². The molecule has 1 amide bonds. The molecule has 1 fully saturated rings. The zero-order valence-electron chi connectivity index (χ0n) is 25.8. The van der Waals surface area contributed by atoms with Crippen molar-refractivity contribution in [2.45, 2.75) is 48.8 Å². The lowest BCUT2D eigenvalue weighted by Gasteiger charge is -2.42. The van der Waals surface area contributed by atoms with E-state index in [1.165, 1.54) is 0 Å². The third kappa shape index (κ3) is 9.07. The largest absolute Gasteiger partial charge is 0.392 e. The van der Waals surface area contributed by atoms with Crippen molar-refractivity contribution in [2.24, 2.45) is 5.92 Å². The Morgan fingerprint density at radius 3 is 2.33 bits per heavy atom. The first-order valence-corrected chi connectivity index (χ1v) is 16.4. The molecule has 1 saturated heterocycles. The number of nitrogens with zero attached hydrogens (tertiary/aromatic N) is 2. The molecule has 242 valence electrons. The zero-order valence-corrected chi connectivity index (χ0v) is 28.1. The molecule has 1 aliphatic rings. The molecule has 0 unspecified atom stereocenters. The number of aliphatic hydroxyl groups is 1. The number of carbonyl (C=O) groups excluding carboxylic acids is 1. The number of ether oxygens (including phenoxy) is 2. The second kappa shape index (κ2) is 15.7. The first kappa shape index (κ1) is 34.3. The molecule has 3 aromatic carbocycles. The number of hydrogen-bond donors (Lipinski definition) is 2. The molecular formula is C36H38Cl3N3O4. The number of pyridine rings is 1. The summed E-state index contributed by atoms with van der Waals surface area (Å²) in [5.41, 5.74) is 6.76. The van der Waals surface area contributed by atoms with Crippen LogP contribution in [0.2, 0.25) is 0 Å². The van der Waals surface area contributed by atoms with Gasteiger partial charge in [-0.25, -0.2) is 0 Å². The Morgan fingerprint density at radius 2 is 1.65 bits per heavy atom. The Hall–Kier alpha value is -3.01. The maximum absolute atomic E-state index is 12.0. The molecule has 0 bridgehead atoms. The van der Waals surface area contributed by atoms with Crippen LogP contribution < -0.4 is 5.32 Å². The first-order valence-electron chi connectivity index (χ1n) is 15.2. The van der Waals surface area contributed by atoms with Crippen molar-refractivity contribution in [1.29, 1.82) is 0 Å². The maximum atomic E-state index is 12.0. The van der Waals surface area contributed by atoms with Crippen molar-refractivity contribution in [3.05, 3.63) is 125 Å². The average Bonchev–Trinajstić information content (AvgIpc) is 3.07. The number of halogens is 3. The van der Waals surface area contributed by atoms with Gasteiger partial charge >= 0.3 is 0 Å². The van der Waals surface area contributed by atoms with Crippen LogP contribution in [-0.2, 0) is 33.8 Å². The number of likely N-dealkylation sites (N-methyl/N-ethyl adjacent to an activating group) is 1. The fourth-order valence-corrected chi connectivity index (χ4v) is 5.75. The highest BCUT2D eigenvalue weighted by Gasteiger charge is 2.38. The van der Waals surface area contributed by atoms with Crippen molar-refractivity contribution in [2.75, 3.05) is 20.1 Å². The lowest BCUT2D eigenvalue weighted by molar-refractivity contribution is -0.275. The molecule has 1 aromatic heterocycles. The predicted molar refractivity (Wildman–Crippen MR) is 182 cm³/mol. The number of amides is 1. The van der Waals surface area contributed by atoms with Crippen molar-refractivity contribution in [1.82, 2.24) is 15.2 Å². The molecule has 0 saturated carbocycles. The van der Waals surface area contributed by atoms with E-state index in [2.05, 4.69) is 29.2 Å². The highest BCUT2D eigenvalue weighted by atomic mass is 35.6. The van der Waals surface area contributed by atoms with Crippen molar-refractivity contribution in [3.63, 3.8) is 0 Å². The zero-order chi connectivity index (χ0) is 32.7. The summed E-state index contributed by atoms with van der Waals surface area (Å²) in [7, 11) is 2.11. The van der Waals surface area contributed by atoms with Crippen molar-refractivity contribution < 1.29 is 19.4 Å². The number of benzene rings is 3. The van der Waals surface area contributed by atoms with Crippen molar-refractivity contribution in [3.8, 4) is 11.1 Å². The third-order valence-electron chi connectivity index (χ3n) is 8.24. The molecule has 2 heterocycles. The minimum absolute atomic E-state index is 0.00433. The van der Waals surface area contributed by atoms with Crippen LogP contribution in [0.3, 0.4) is 0 Å². The highest BCUT2D eigenvalue weighted by Crippen LogP contribution is 2.42. The standard InChI is InChI=1S/C36H38Cl3N3O4/c1-24-32(22-42(2)19-17-31-8-3-4-18-40-31)45-34(46-33(24)28-11-9-25(23-43)10-12-28)29-15-13-27(14-16-29)30-7-5-6-26(20-30)21-41-35(44)36(37,38)39/h3-16,18,20,24,32-34,43H,17,19,21-23H2,1-2H3,(H,41,44)/t24-,32+,33+,34+/m1/s1.